The summed E-state index contributed by atoms with van der Waals surface area (Å²) >= 11 is 0. The third-order valence-electron chi connectivity index (χ3n) is 4.17. The number of hydrogen-bond acceptors (Lipinski definition) is 2. The number of carboxylic acids is 1. The van der Waals surface area contributed by atoms with Crippen LogP contribution in [0.2, 0.25) is 0 Å². The monoisotopic (exact) mass is 298 g/mol. The molecule has 0 heterocycles. The van der Waals surface area contributed by atoms with Crippen LogP contribution in [0.5, 0.6) is 0 Å². The fourth-order valence-corrected chi connectivity index (χ4v) is 3.03. The fraction of sp³-hybridized carbons (Fsp3) is 0.875. The molecular weight excluding hydrogens is 268 g/mol. The molecule has 1 aliphatic rings. The third kappa shape index (κ3) is 7.93. The van der Waals surface area contributed by atoms with Crippen LogP contribution in [-0.4, -0.2) is 29.7 Å². The highest BCUT2D eigenvalue weighted by atomic mass is 16.4. The van der Waals surface area contributed by atoms with Gasteiger partial charge in [0.1, 0.15) is 0 Å². The van der Waals surface area contributed by atoms with Gasteiger partial charge in [-0.15, -0.1) is 0 Å². The number of nitrogens with one attached hydrogen (secondary N) is 2. The summed E-state index contributed by atoms with van der Waals surface area (Å²) in [4.78, 5) is 22.8. The molecule has 0 unspecified atom stereocenters. The van der Waals surface area contributed by atoms with Gasteiger partial charge in [0.2, 0.25) is 0 Å². The molecular formula is C16H30N2O3. The lowest BCUT2D eigenvalue weighted by Crippen LogP contribution is -2.45. The van der Waals surface area contributed by atoms with Crippen molar-refractivity contribution in [3.05, 3.63) is 0 Å². The van der Waals surface area contributed by atoms with Crippen molar-refractivity contribution in [3.63, 3.8) is 0 Å². The van der Waals surface area contributed by atoms with Gasteiger partial charge in [0.15, 0.2) is 0 Å². The molecule has 0 spiro atoms. The second kappa shape index (κ2) is 8.90. The Balaban J connectivity index is 2.30. The number of carbonyl (C=O) groups excluding carboxylic acids is 1. The zero-order valence-corrected chi connectivity index (χ0v) is 13.5. The van der Waals surface area contributed by atoms with Crippen LogP contribution in [0.15, 0.2) is 0 Å². The Labute approximate surface area is 127 Å². The number of carbonyl (C=O) groups is 2. The molecule has 1 fully saturated rings. The Morgan fingerprint density at radius 3 is 2.33 bits per heavy atom. The second-order valence-corrected chi connectivity index (χ2v) is 6.90. The topological polar surface area (TPSA) is 78.4 Å². The molecule has 5 nitrogen and oxygen atoms in total. The van der Waals surface area contributed by atoms with E-state index in [1.165, 1.54) is 12.8 Å². The predicted molar refractivity (Wildman–Crippen MR) is 83.2 cm³/mol. The van der Waals surface area contributed by atoms with Crippen molar-refractivity contribution in [3.8, 4) is 0 Å². The van der Waals surface area contributed by atoms with Crippen molar-refractivity contribution >= 4 is 12.0 Å². The molecule has 1 saturated carbocycles. The van der Waals surface area contributed by atoms with E-state index in [4.69, 9.17) is 5.11 Å². The van der Waals surface area contributed by atoms with E-state index in [1.807, 2.05) is 0 Å². The molecule has 0 saturated heterocycles. The lowest BCUT2D eigenvalue weighted by Gasteiger charge is -2.27. The highest BCUT2D eigenvalue weighted by Crippen LogP contribution is 2.23. The summed E-state index contributed by atoms with van der Waals surface area (Å²) in [6, 6.07) is 0.109. The lowest BCUT2D eigenvalue weighted by molar-refractivity contribution is -0.138. The summed E-state index contributed by atoms with van der Waals surface area (Å²) in [5.41, 5.74) is 0. The number of rotatable bonds is 7. The molecule has 21 heavy (non-hydrogen) atoms. The molecule has 0 aromatic rings. The van der Waals surface area contributed by atoms with Crippen molar-refractivity contribution < 1.29 is 14.7 Å². The van der Waals surface area contributed by atoms with Gasteiger partial charge < -0.3 is 15.7 Å². The Hall–Kier alpha value is -1.26. The van der Waals surface area contributed by atoms with Crippen LogP contribution < -0.4 is 10.6 Å². The lowest BCUT2D eigenvalue weighted by atomic mass is 9.87. The SMILES string of the molecule is CC(C)C[C@H](CNC(=O)NC1CCC(C)CC1)CC(=O)O. The van der Waals surface area contributed by atoms with E-state index >= 15 is 0 Å². The number of amides is 2. The quantitative estimate of drug-likeness (QED) is 0.676. The minimum atomic E-state index is -0.802. The van der Waals surface area contributed by atoms with Crippen LogP contribution in [0.3, 0.4) is 0 Å². The van der Waals surface area contributed by atoms with Gasteiger partial charge in [-0.25, -0.2) is 4.79 Å². The standard InChI is InChI=1S/C16H30N2O3/c1-11(2)8-13(9-15(19)20)10-17-16(21)18-14-6-4-12(3)5-7-14/h11-14H,4-10H2,1-3H3,(H,19,20)(H2,17,18,21)/t12?,13-,14?/m0/s1. The summed E-state index contributed by atoms with van der Waals surface area (Å²) in [6.07, 6.45) is 5.34. The maximum atomic E-state index is 11.9. The molecule has 0 bridgehead atoms. The molecule has 0 aliphatic heterocycles. The van der Waals surface area contributed by atoms with Gasteiger partial charge in [-0.05, 0) is 49.9 Å². The first-order valence-corrected chi connectivity index (χ1v) is 8.13. The van der Waals surface area contributed by atoms with Gasteiger partial charge >= 0.3 is 12.0 Å². The second-order valence-electron chi connectivity index (χ2n) is 6.90. The molecule has 3 N–H and O–H groups in total. The van der Waals surface area contributed by atoms with E-state index in [-0.39, 0.29) is 24.4 Å². The third-order valence-corrected chi connectivity index (χ3v) is 4.17. The van der Waals surface area contributed by atoms with E-state index in [2.05, 4.69) is 31.4 Å². The molecule has 1 atom stereocenters. The number of aliphatic carboxylic acids is 1. The van der Waals surface area contributed by atoms with Crippen LogP contribution >= 0.6 is 0 Å². The van der Waals surface area contributed by atoms with E-state index < -0.39 is 5.97 Å². The molecule has 1 rings (SSSR count). The average Bonchev–Trinajstić information content (AvgIpc) is 2.37. The van der Waals surface area contributed by atoms with Crippen molar-refractivity contribution in [1.29, 1.82) is 0 Å². The van der Waals surface area contributed by atoms with Crippen molar-refractivity contribution in [2.45, 2.75) is 65.3 Å². The van der Waals surface area contributed by atoms with E-state index in [1.54, 1.807) is 0 Å². The molecule has 2 amide bonds. The Kier molecular flexibility index (Phi) is 7.54. The van der Waals surface area contributed by atoms with Gasteiger partial charge in [-0.2, -0.15) is 0 Å². The van der Waals surface area contributed by atoms with Crippen LogP contribution in [0, 0.1) is 17.8 Å². The zero-order chi connectivity index (χ0) is 15.8. The fourth-order valence-electron chi connectivity index (χ4n) is 3.03. The van der Waals surface area contributed by atoms with Gasteiger partial charge in [0.25, 0.3) is 0 Å². The average molecular weight is 298 g/mol. The normalized spacial score (nSPS) is 23.6. The van der Waals surface area contributed by atoms with Crippen LogP contribution in [0.25, 0.3) is 0 Å². The molecule has 0 aromatic heterocycles. The van der Waals surface area contributed by atoms with Gasteiger partial charge in [-0.3, -0.25) is 4.79 Å². The number of carboxylic acid groups (broad SMARTS) is 1. The first-order valence-electron chi connectivity index (χ1n) is 8.13. The van der Waals surface area contributed by atoms with Crippen molar-refractivity contribution in [1.82, 2.24) is 10.6 Å². The number of hydrogen-bond donors (Lipinski definition) is 3. The predicted octanol–water partition coefficient (Wildman–Crippen LogP) is 3.00. The summed E-state index contributed by atoms with van der Waals surface area (Å²) in [6.45, 7) is 6.81. The van der Waals surface area contributed by atoms with Gasteiger partial charge in [0.05, 0.1) is 0 Å². The van der Waals surface area contributed by atoms with E-state index in [0.29, 0.717) is 12.5 Å². The van der Waals surface area contributed by atoms with Gasteiger partial charge in [0, 0.05) is 19.0 Å². The van der Waals surface area contributed by atoms with Crippen molar-refractivity contribution in [2.24, 2.45) is 17.8 Å². The van der Waals surface area contributed by atoms with Crippen LogP contribution in [0.4, 0.5) is 4.79 Å². The van der Waals surface area contributed by atoms with Crippen LogP contribution in [0.1, 0.15) is 59.3 Å². The summed E-state index contributed by atoms with van der Waals surface area (Å²) in [7, 11) is 0. The van der Waals surface area contributed by atoms with Crippen LogP contribution in [-0.2, 0) is 4.79 Å². The molecule has 5 heteroatoms. The first-order chi connectivity index (χ1) is 9.86. The van der Waals surface area contributed by atoms with E-state index in [9.17, 15) is 9.59 Å². The largest absolute Gasteiger partial charge is 0.481 e. The molecule has 0 radical (unpaired) electrons. The Morgan fingerprint density at radius 2 is 1.81 bits per heavy atom. The highest BCUT2D eigenvalue weighted by molar-refractivity contribution is 5.74. The smallest absolute Gasteiger partial charge is 0.315 e. The van der Waals surface area contributed by atoms with Crippen molar-refractivity contribution in [2.75, 3.05) is 6.54 Å². The first kappa shape index (κ1) is 17.8. The summed E-state index contributed by atoms with van der Waals surface area (Å²) in [5.74, 6) is 0.389. The zero-order valence-electron chi connectivity index (χ0n) is 13.5. The minimum Gasteiger partial charge on any atom is -0.481 e. The minimum absolute atomic E-state index is 0.000344. The Bertz CT molecular complexity index is 336. The van der Waals surface area contributed by atoms with E-state index in [0.717, 1.165) is 25.2 Å². The van der Waals surface area contributed by atoms with Gasteiger partial charge in [-0.1, -0.05) is 20.8 Å². The molecule has 0 aromatic carbocycles. The highest BCUT2D eigenvalue weighted by Gasteiger charge is 2.20. The summed E-state index contributed by atoms with van der Waals surface area (Å²) < 4.78 is 0. The number of urea groups is 1. The Morgan fingerprint density at radius 1 is 1.19 bits per heavy atom. The summed E-state index contributed by atoms with van der Waals surface area (Å²) in [5, 5.41) is 14.8. The maximum Gasteiger partial charge on any atom is 0.315 e. The maximum absolute atomic E-state index is 11.9. The molecule has 122 valence electrons. The molecule has 1 aliphatic carbocycles.